The molecule has 0 fully saturated rings. The number of nitrogens with zero attached hydrogens (tertiary/aromatic N) is 1. The summed E-state index contributed by atoms with van der Waals surface area (Å²) in [6, 6.07) is 13.2. The monoisotopic (exact) mass is 408 g/mol. The predicted octanol–water partition coefficient (Wildman–Crippen LogP) is 4.07. The second kappa shape index (κ2) is 8.76. The predicted molar refractivity (Wildman–Crippen MR) is 111 cm³/mol. The first-order chi connectivity index (χ1) is 12.6. The number of anilines is 1. The fraction of sp³-hybridized carbons (Fsp3) is 0.350. The maximum absolute atomic E-state index is 12.9. The molecule has 0 aliphatic carbocycles. The molecule has 146 valence electrons. The number of nitrogens with one attached hydrogen (secondary N) is 1. The summed E-state index contributed by atoms with van der Waals surface area (Å²) in [5.41, 5.74) is 2.46. The Hall–Kier alpha value is -2.05. The first-order valence-corrected chi connectivity index (χ1v) is 11.0. The van der Waals surface area contributed by atoms with E-state index in [1.807, 2.05) is 38.1 Å². The first kappa shape index (κ1) is 21.3. The minimum atomic E-state index is -3.68. The van der Waals surface area contributed by atoms with Crippen molar-refractivity contribution in [3.8, 4) is 0 Å². The zero-order chi connectivity index (χ0) is 20.2. The molecule has 1 amide bonds. The number of hydrogen-bond acceptors (Lipinski definition) is 3. The first-order valence-electron chi connectivity index (χ1n) is 8.75. The van der Waals surface area contributed by atoms with Gasteiger partial charge in [-0.15, -0.1) is 0 Å². The van der Waals surface area contributed by atoms with Gasteiger partial charge < -0.3 is 5.32 Å². The SMILES string of the molecule is CCC(C(=O)NC(C)c1ccc(C)cc1)N(c1cccc(Cl)c1)S(C)(=O)=O. The van der Waals surface area contributed by atoms with Crippen molar-refractivity contribution in [1.29, 1.82) is 0 Å². The summed E-state index contributed by atoms with van der Waals surface area (Å²) in [4.78, 5) is 12.9. The molecule has 0 aliphatic rings. The van der Waals surface area contributed by atoms with Crippen LogP contribution >= 0.6 is 11.6 Å². The Kier molecular flexibility index (Phi) is 6.89. The van der Waals surface area contributed by atoms with Gasteiger partial charge in [0, 0.05) is 5.02 Å². The molecule has 2 aromatic carbocycles. The maximum atomic E-state index is 12.9. The molecule has 0 radical (unpaired) electrons. The van der Waals surface area contributed by atoms with E-state index in [1.165, 1.54) is 0 Å². The van der Waals surface area contributed by atoms with E-state index >= 15 is 0 Å². The molecular formula is C20H25ClN2O3S. The Bertz CT molecular complexity index is 898. The number of rotatable bonds is 7. The Balaban J connectivity index is 2.30. The minimum Gasteiger partial charge on any atom is -0.348 e. The van der Waals surface area contributed by atoms with E-state index in [1.54, 1.807) is 31.2 Å². The largest absolute Gasteiger partial charge is 0.348 e. The van der Waals surface area contributed by atoms with E-state index in [4.69, 9.17) is 11.6 Å². The van der Waals surface area contributed by atoms with Gasteiger partial charge in [-0.25, -0.2) is 8.42 Å². The van der Waals surface area contributed by atoms with Crippen molar-refractivity contribution in [3.05, 3.63) is 64.7 Å². The van der Waals surface area contributed by atoms with Crippen LogP contribution in [0.4, 0.5) is 5.69 Å². The van der Waals surface area contributed by atoms with Crippen molar-refractivity contribution < 1.29 is 13.2 Å². The lowest BCUT2D eigenvalue weighted by molar-refractivity contribution is -0.122. The summed E-state index contributed by atoms with van der Waals surface area (Å²) in [5.74, 6) is -0.351. The van der Waals surface area contributed by atoms with Crippen molar-refractivity contribution in [2.45, 2.75) is 39.3 Å². The number of amides is 1. The smallest absolute Gasteiger partial charge is 0.244 e. The highest BCUT2D eigenvalue weighted by Gasteiger charge is 2.32. The average Bonchev–Trinajstić information content (AvgIpc) is 2.58. The Morgan fingerprint density at radius 2 is 1.81 bits per heavy atom. The van der Waals surface area contributed by atoms with Gasteiger partial charge in [0.2, 0.25) is 15.9 Å². The van der Waals surface area contributed by atoms with Gasteiger partial charge in [-0.05, 0) is 44.0 Å². The Labute approximate surface area is 166 Å². The summed E-state index contributed by atoms with van der Waals surface area (Å²) < 4.78 is 26.0. The third-order valence-corrected chi connectivity index (χ3v) is 5.74. The molecule has 0 heterocycles. The van der Waals surface area contributed by atoms with Gasteiger partial charge in [-0.2, -0.15) is 0 Å². The van der Waals surface area contributed by atoms with Gasteiger partial charge in [-0.1, -0.05) is 54.4 Å². The van der Waals surface area contributed by atoms with E-state index in [-0.39, 0.29) is 11.9 Å². The molecule has 2 aromatic rings. The van der Waals surface area contributed by atoms with Gasteiger partial charge in [-0.3, -0.25) is 9.10 Å². The molecule has 2 unspecified atom stereocenters. The second-order valence-electron chi connectivity index (χ2n) is 6.60. The van der Waals surface area contributed by atoms with Crippen LogP contribution in [-0.2, 0) is 14.8 Å². The number of benzene rings is 2. The summed E-state index contributed by atoms with van der Waals surface area (Å²) in [6.45, 7) is 5.65. The zero-order valence-electron chi connectivity index (χ0n) is 15.9. The van der Waals surface area contributed by atoms with Crippen LogP contribution in [0.15, 0.2) is 48.5 Å². The second-order valence-corrected chi connectivity index (χ2v) is 8.90. The normalized spacial score (nSPS) is 13.7. The van der Waals surface area contributed by atoms with E-state index in [0.717, 1.165) is 21.7 Å². The average molecular weight is 409 g/mol. The van der Waals surface area contributed by atoms with E-state index in [0.29, 0.717) is 17.1 Å². The van der Waals surface area contributed by atoms with Gasteiger partial charge in [0.15, 0.2) is 0 Å². The highest BCUT2D eigenvalue weighted by molar-refractivity contribution is 7.92. The molecule has 27 heavy (non-hydrogen) atoms. The summed E-state index contributed by atoms with van der Waals surface area (Å²) in [6.07, 6.45) is 1.42. The molecule has 1 N–H and O–H groups in total. The van der Waals surface area contributed by atoms with Crippen LogP contribution in [0, 0.1) is 6.92 Å². The summed E-state index contributed by atoms with van der Waals surface area (Å²) in [5, 5.41) is 3.33. The molecule has 5 nitrogen and oxygen atoms in total. The topological polar surface area (TPSA) is 66.5 Å². The van der Waals surface area contributed by atoms with Crippen LogP contribution in [0.25, 0.3) is 0 Å². The molecule has 0 saturated carbocycles. The summed E-state index contributed by atoms with van der Waals surface area (Å²) >= 11 is 6.02. The molecule has 7 heteroatoms. The van der Waals surface area contributed by atoms with E-state index in [9.17, 15) is 13.2 Å². The molecule has 2 atom stereocenters. The molecular weight excluding hydrogens is 384 g/mol. The van der Waals surface area contributed by atoms with E-state index < -0.39 is 16.1 Å². The van der Waals surface area contributed by atoms with Gasteiger partial charge in [0.05, 0.1) is 18.0 Å². The lowest BCUT2D eigenvalue weighted by Crippen LogP contribution is -2.49. The fourth-order valence-corrected chi connectivity index (χ4v) is 4.31. The van der Waals surface area contributed by atoms with Crippen LogP contribution in [0.2, 0.25) is 5.02 Å². The molecule has 2 rings (SSSR count). The number of sulfonamides is 1. The van der Waals surface area contributed by atoms with Crippen LogP contribution in [0.5, 0.6) is 0 Å². The van der Waals surface area contributed by atoms with Crippen molar-refractivity contribution in [2.75, 3.05) is 10.6 Å². The standard InChI is InChI=1S/C20H25ClN2O3S/c1-5-19(20(24)22-15(3)16-11-9-14(2)10-12-16)23(27(4,25)26)18-8-6-7-17(21)13-18/h6-13,15,19H,5H2,1-4H3,(H,22,24). The van der Waals surface area contributed by atoms with Crippen molar-refractivity contribution in [1.82, 2.24) is 5.32 Å². The van der Waals surface area contributed by atoms with Crippen LogP contribution < -0.4 is 9.62 Å². The molecule has 0 aromatic heterocycles. The van der Waals surface area contributed by atoms with Crippen molar-refractivity contribution in [2.24, 2.45) is 0 Å². The van der Waals surface area contributed by atoms with E-state index in [2.05, 4.69) is 5.32 Å². The number of aryl methyl sites for hydroxylation is 1. The fourth-order valence-electron chi connectivity index (χ4n) is 2.92. The molecule has 0 saturated heterocycles. The molecule has 0 bridgehead atoms. The highest BCUT2D eigenvalue weighted by atomic mass is 35.5. The third kappa shape index (κ3) is 5.47. The Morgan fingerprint density at radius 3 is 2.33 bits per heavy atom. The number of carbonyl (C=O) groups is 1. The third-order valence-electron chi connectivity index (χ3n) is 4.33. The lowest BCUT2D eigenvalue weighted by atomic mass is 10.1. The minimum absolute atomic E-state index is 0.243. The van der Waals surface area contributed by atoms with Crippen LogP contribution in [0.3, 0.4) is 0 Å². The van der Waals surface area contributed by atoms with Crippen molar-refractivity contribution in [3.63, 3.8) is 0 Å². The molecule has 0 spiro atoms. The maximum Gasteiger partial charge on any atom is 0.244 e. The van der Waals surface area contributed by atoms with Crippen LogP contribution in [-0.4, -0.2) is 26.6 Å². The highest BCUT2D eigenvalue weighted by Crippen LogP contribution is 2.26. The zero-order valence-corrected chi connectivity index (χ0v) is 17.5. The lowest BCUT2D eigenvalue weighted by Gasteiger charge is -2.31. The van der Waals surface area contributed by atoms with Gasteiger partial charge >= 0.3 is 0 Å². The van der Waals surface area contributed by atoms with Crippen LogP contribution in [0.1, 0.15) is 37.4 Å². The van der Waals surface area contributed by atoms with Gasteiger partial charge in [0.1, 0.15) is 6.04 Å². The number of hydrogen-bond donors (Lipinski definition) is 1. The van der Waals surface area contributed by atoms with Gasteiger partial charge in [0.25, 0.3) is 0 Å². The van der Waals surface area contributed by atoms with Crippen molar-refractivity contribution >= 4 is 33.2 Å². The Morgan fingerprint density at radius 1 is 1.19 bits per heavy atom. The molecule has 0 aliphatic heterocycles. The number of halogens is 1. The quantitative estimate of drug-likeness (QED) is 0.750. The number of carbonyl (C=O) groups excluding carboxylic acids is 1. The summed E-state index contributed by atoms with van der Waals surface area (Å²) in [7, 11) is -3.68.